The first-order valence-electron chi connectivity index (χ1n) is 4.84. The van der Waals surface area contributed by atoms with Crippen LogP contribution in [0.15, 0.2) is 0 Å². The molecular formula is C9H20N2S2. The minimum Gasteiger partial charge on any atom is -0.314 e. The van der Waals surface area contributed by atoms with E-state index in [1.807, 2.05) is 0 Å². The van der Waals surface area contributed by atoms with Gasteiger partial charge in [-0.3, -0.25) is 0 Å². The number of nitrogens with zero attached hydrogens (tertiary/aromatic N) is 1. The second kappa shape index (κ2) is 6.98. The summed E-state index contributed by atoms with van der Waals surface area (Å²) in [6, 6.07) is 0. The number of thioether (sulfide) groups is 2. The van der Waals surface area contributed by atoms with Crippen LogP contribution in [0.25, 0.3) is 0 Å². The summed E-state index contributed by atoms with van der Waals surface area (Å²) in [7, 11) is 4.24. The molecule has 1 fully saturated rings. The lowest BCUT2D eigenvalue weighted by Crippen LogP contribution is -2.33. The molecule has 1 atom stereocenters. The van der Waals surface area contributed by atoms with Gasteiger partial charge in [0.1, 0.15) is 0 Å². The molecule has 0 aromatic rings. The van der Waals surface area contributed by atoms with E-state index in [9.17, 15) is 0 Å². The van der Waals surface area contributed by atoms with Gasteiger partial charge < -0.3 is 10.2 Å². The van der Waals surface area contributed by atoms with Crippen LogP contribution in [-0.2, 0) is 0 Å². The average molecular weight is 220 g/mol. The topological polar surface area (TPSA) is 15.3 Å². The molecule has 0 saturated carbocycles. The van der Waals surface area contributed by atoms with Gasteiger partial charge in [0.2, 0.25) is 0 Å². The number of hydrogen-bond acceptors (Lipinski definition) is 4. The van der Waals surface area contributed by atoms with Crippen LogP contribution in [0.3, 0.4) is 0 Å². The monoisotopic (exact) mass is 220 g/mol. The van der Waals surface area contributed by atoms with Gasteiger partial charge in [-0.25, -0.2) is 0 Å². The number of hydrogen-bond donors (Lipinski definition) is 1. The highest BCUT2D eigenvalue weighted by Crippen LogP contribution is 2.22. The van der Waals surface area contributed by atoms with Gasteiger partial charge in [0, 0.05) is 42.1 Å². The molecule has 0 aromatic heterocycles. The molecule has 0 spiro atoms. The van der Waals surface area contributed by atoms with Gasteiger partial charge >= 0.3 is 0 Å². The third-order valence-electron chi connectivity index (χ3n) is 1.99. The molecule has 1 rings (SSSR count). The minimum atomic E-state index is 0.848. The van der Waals surface area contributed by atoms with Crippen LogP contribution in [-0.4, -0.2) is 61.1 Å². The Bertz CT molecular complexity index is 125. The Morgan fingerprint density at radius 3 is 2.85 bits per heavy atom. The quantitative estimate of drug-likeness (QED) is 0.695. The fraction of sp³-hybridized carbons (Fsp3) is 1.00. The Hall–Kier alpha value is 0.620. The fourth-order valence-electron chi connectivity index (χ4n) is 1.22. The highest BCUT2D eigenvalue weighted by molar-refractivity contribution is 8.06. The highest BCUT2D eigenvalue weighted by Gasteiger charge is 2.12. The molecule has 0 radical (unpaired) electrons. The Morgan fingerprint density at radius 1 is 1.38 bits per heavy atom. The first kappa shape index (κ1) is 11.7. The Balaban J connectivity index is 1.92. The second-order valence-electron chi connectivity index (χ2n) is 3.58. The smallest absolute Gasteiger partial charge is 0.0263 e. The third kappa shape index (κ3) is 5.83. The molecule has 13 heavy (non-hydrogen) atoms. The summed E-state index contributed by atoms with van der Waals surface area (Å²) < 4.78 is 0. The molecule has 0 aliphatic carbocycles. The lowest BCUT2D eigenvalue weighted by Gasteiger charge is -2.21. The summed E-state index contributed by atoms with van der Waals surface area (Å²) in [5.74, 6) is 4.02. The molecule has 1 aliphatic rings. The fourth-order valence-corrected chi connectivity index (χ4v) is 3.87. The van der Waals surface area contributed by atoms with Crippen molar-refractivity contribution in [2.24, 2.45) is 0 Å². The summed E-state index contributed by atoms with van der Waals surface area (Å²) in [6.45, 7) is 3.45. The van der Waals surface area contributed by atoms with Crippen molar-refractivity contribution in [3.05, 3.63) is 0 Å². The highest BCUT2D eigenvalue weighted by atomic mass is 32.2. The van der Waals surface area contributed by atoms with Gasteiger partial charge in [-0.05, 0) is 14.1 Å². The van der Waals surface area contributed by atoms with Crippen molar-refractivity contribution in [1.29, 1.82) is 0 Å². The molecular weight excluding hydrogens is 200 g/mol. The van der Waals surface area contributed by atoms with Gasteiger partial charge in [-0.1, -0.05) is 0 Å². The van der Waals surface area contributed by atoms with Gasteiger partial charge in [0.05, 0.1) is 0 Å². The van der Waals surface area contributed by atoms with Crippen molar-refractivity contribution in [1.82, 2.24) is 10.2 Å². The summed E-state index contributed by atoms with van der Waals surface area (Å²) in [6.07, 6.45) is 0. The molecule has 0 amide bonds. The van der Waals surface area contributed by atoms with Crippen LogP contribution < -0.4 is 5.32 Å². The second-order valence-corrected chi connectivity index (χ2v) is 6.13. The zero-order chi connectivity index (χ0) is 9.52. The van der Waals surface area contributed by atoms with E-state index in [1.54, 1.807) is 0 Å². The average Bonchev–Trinajstić information content (AvgIpc) is 2.14. The Kier molecular flexibility index (Phi) is 6.28. The van der Waals surface area contributed by atoms with E-state index in [2.05, 4.69) is 47.8 Å². The number of likely N-dealkylation sites (N-methyl/N-ethyl adjacent to an activating group) is 1. The zero-order valence-corrected chi connectivity index (χ0v) is 10.2. The summed E-state index contributed by atoms with van der Waals surface area (Å²) in [4.78, 5) is 2.22. The maximum Gasteiger partial charge on any atom is 0.0263 e. The van der Waals surface area contributed by atoms with Crippen LogP contribution in [0.2, 0.25) is 0 Å². The summed E-state index contributed by atoms with van der Waals surface area (Å²) >= 11 is 4.22. The molecule has 1 unspecified atom stereocenters. The molecule has 2 nitrogen and oxygen atoms in total. The predicted molar refractivity (Wildman–Crippen MR) is 65.0 cm³/mol. The van der Waals surface area contributed by atoms with Crippen LogP contribution >= 0.6 is 23.5 Å². The van der Waals surface area contributed by atoms with E-state index in [1.165, 1.54) is 23.8 Å². The molecule has 1 N–H and O–H groups in total. The van der Waals surface area contributed by atoms with Crippen molar-refractivity contribution in [3.63, 3.8) is 0 Å². The molecule has 78 valence electrons. The predicted octanol–water partition coefficient (Wildman–Crippen LogP) is 0.986. The summed E-state index contributed by atoms with van der Waals surface area (Å²) in [5, 5.41) is 4.36. The minimum absolute atomic E-state index is 0.848. The zero-order valence-electron chi connectivity index (χ0n) is 8.58. The van der Waals surface area contributed by atoms with Gasteiger partial charge in [-0.15, -0.1) is 0 Å². The molecule has 1 saturated heterocycles. The SMILES string of the molecule is CN(C)CCNCC1CSCCS1. The van der Waals surface area contributed by atoms with E-state index in [0.717, 1.165) is 18.3 Å². The maximum atomic E-state index is 3.51. The summed E-state index contributed by atoms with van der Waals surface area (Å²) in [5.41, 5.74) is 0. The standard InChI is InChI=1S/C9H20N2S2/c1-11(2)4-3-10-7-9-8-12-5-6-13-9/h9-10H,3-8H2,1-2H3. The first-order valence-corrected chi connectivity index (χ1v) is 7.04. The Labute approximate surface area is 90.2 Å². The molecule has 0 bridgehead atoms. The maximum absolute atomic E-state index is 3.51. The third-order valence-corrected chi connectivity index (χ3v) is 4.84. The molecule has 0 aromatic carbocycles. The lowest BCUT2D eigenvalue weighted by atomic mass is 10.4. The Morgan fingerprint density at radius 2 is 2.23 bits per heavy atom. The normalized spacial score (nSPS) is 23.8. The van der Waals surface area contributed by atoms with E-state index < -0.39 is 0 Å². The lowest BCUT2D eigenvalue weighted by molar-refractivity contribution is 0.401. The van der Waals surface area contributed by atoms with Gasteiger partial charge in [0.15, 0.2) is 0 Å². The van der Waals surface area contributed by atoms with Crippen molar-refractivity contribution in [2.45, 2.75) is 5.25 Å². The van der Waals surface area contributed by atoms with Crippen LogP contribution in [0.1, 0.15) is 0 Å². The molecule has 4 heteroatoms. The van der Waals surface area contributed by atoms with E-state index in [-0.39, 0.29) is 0 Å². The number of rotatable bonds is 5. The van der Waals surface area contributed by atoms with Gasteiger partial charge in [0.25, 0.3) is 0 Å². The van der Waals surface area contributed by atoms with Crippen LogP contribution in [0.4, 0.5) is 0 Å². The number of nitrogens with one attached hydrogen (secondary N) is 1. The van der Waals surface area contributed by atoms with Crippen molar-refractivity contribution in [2.75, 3.05) is 51.0 Å². The van der Waals surface area contributed by atoms with E-state index in [0.29, 0.717) is 0 Å². The van der Waals surface area contributed by atoms with Crippen LogP contribution in [0, 0.1) is 0 Å². The van der Waals surface area contributed by atoms with E-state index >= 15 is 0 Å². The van der Waals surface area contributed by atoms with Crippen molar-refractivity contribution < 1.29 is 0 Å². The van der Waals surface area contributed by atoms with E-state index in [4.69, 9.17) is 0 Å². The molecule has 1 aliphatic heterocycles. The van der Waals surface area contributed by atoms with Crippen molar-refractivity contribution >= 4 is 23.5 Å². The first-order chi connectivity index (χ1) is 6.29. The van der Waals surface area contributed by atoms with Crippen LogP contribution in [0.5, 0.6) is 0 Å². The van der Waals surface area contributed by atoms with Gasteiger partial charge in [-0.2, -0.15) is 23.5 Å². The largest absolute Gasteiger partial charge is 0.314 e. The molecule has 1 heterocycles. The van der Waals surface area contributed by atoms with Crippen molar-refractivity contribution in [3.8, 4) is 0 Å².